The molecule has 1 spiro atoms. The molecule has 2 aromatic heterocycles. The van der Waals surface area contributed by atoms with Crippen LogP contribution in [0, 0.1) is 0 Å². The fourth-order valence-corrected chi connectivity index (χ4v) is 8.53. The zero-order valence-corrected chi connectivity index (χ0v) is 25.3. The third-order valence-electron chi connectivity index (χ3n) is 11.0. The molecule has 0 bridgehead atoms. The van der Waals surface area contributed by atoms with Crippen LogP contribution in [-0.2, 0) is 10.2 Å². The lowest BCUT2D eigenvalue weighted by Crippen LogP contribution is -2.58. The average molecular weight is 568 g/mol. The van der Waals surface area contributed by atoms with Gasteiger partial charge in [-0.2, -0.15) is 0 Å². The summed E-state index contributed by atoms with van der Waals surface area (Å²) in [6, 6.07) is 10.2. The van der Waals surface area contributed by atoms with Gasteiger partial charge in [0.25, 0.3) is 0 Å². The van der Waals surface area contributed by atoms with Gasteiger partial charge < -0.3 is 24.6 Å². The maximum absolute atomic E-state index is 14.4. The van der Waals surface area contributed by atoms with E-state index in [-0.39, 0.29) is 5.41 Å². The number of piperidine rings is 2. The number of aromatic nitrogens is 3. The van der Waals surface area contributed by atoms with Crippen LogP contribution in [0.15, 0.2) is 30.6 Å². The lowest BCUT2D eigenvalue weighted by Gasteiger charge is -2.48. The zero-order chi connectivity index (χ0) is 28.4. The number of hydrogen-bond acceptors (Lipinski definition) is 6. The Hall–Kier alpha value is -2.97. The number of likely N-dealkylation sites (tertiary alicyclic amines) is 1. The van der Waals surface area contributed by atoms with Gasteiger partial charge in [0, 0.05) is 42.5 Å². The number of hydrogen-bond donors (Lipinski definition) is 1. The Morgan fingerprint density at radius 3 is 2.40 bits per heavy atom. The molecular formula is C34H45N7O. The minimum absolute atomic E-state index is 0.296. The Bertz CT molecular complexity index is 1490. The minimum Gasteiger partial charge on any atom is -0.355 e. The Labute approximate surface area is 249 Å². The molecule has 3 saturated heterocycles. The molecule has 0 atom stereocenters. The summed E-state index contributed by atoms with van der Waals surface area (Å²) in [6.45, 7) is 10.7. The summed E-state index contributed by atoms with van der Waals surface area (Å²) in [7, 11) is 0. The predicted molar refractivity (Wildman–Crippen MR) is 168 cm³/mol. The molecule has 0 unspecified atom stereocenters. The van der Waals surface area contributed by atoms with Crippen LogP contribution in [0.4, 0.5) is 11.5 Å². The van der Waals surface area contributed by atoms with Crippen molar-refractivity contribution in [2.75, 3.05) is 49.1 Å². The maximum Gasteiger partial charge on any atom is 0.238 e. The third-order valence-corrected chi connectivity index (χ3v) is 11.0. The molecule has 1 aliphatic carbocycles. The van der Waals surface area contributed by atoms with Crippen molar-refractivity contribution in [2.45, 2.75) is 95.2 Å². The normalized spacial score (nSPS) is 26.0. The van der Waals surface area contributed by atoms with E-state index in [2.05, 4.69) is 62.7 Å². The summed E-state index contributed by atoms with van der Waals surface area (Å²) >= 11 is 0. The summed E-state index contributed by atoms with van der Waals surface area (Å²) < 4.78 is 2.26. The fraction of sp³-hybridized carbons (Fsp3) is 0.618. The SMILES string of the molecule is CC(C)n1cnc2cc(-c3ccc4c(c3)N([C@H]3C[C@@H](N5CCCCC5)C3)C(=O)C43CCNCC3)nc(N3CCCC3)c21. The molecule has 8 rings (SSSR count). The molecule has 5 aliphatic rings. The average Bonchev–Trinajstić information content (AvgIpc) is 3.73. The van der Waals surface area contributed by atoms with Crippen LogP contribution in [0.5, 0.6) is 0 Å². The highest BCUT2D eigenvalue weighted by atomic mass is 16.2. The number of imidazole rings is 1. The smallest absolute Gasteiger partial charge is 0.238 e. The lowest BCUT2D eigenvalue weighted by molar-refractivity contribution is -0.125. The van der Waals surface area contributed by atoms with Crippen molar-refractivity contribution in [2.24, 2.45) is 0 Å². The number of nitrogens with zero attached hydrogens (tertiary/aromatic N) is 6. The molecule has 8 heteroatoms. The van der Waals surface area contributed by atoms with E-state index < -0.39 is 0 Å². The number of benzene rings is 1. The van der Waals surface area contributed by atoms with Crippen molar-refractivity contribution >= 4 is 28.4 Å². The van der Waals surface area contributed by atoms with Crippen LogP contribution in [0.3, 0.4) is 0 Å². The van der Waals surface area contributed by atoms with Crippen molar-refractivity contribution in [3.63, 3.8) is 0 Å². The van der Waals surface area contributed by atoms with E-state index in [4.69, 9.17) is 9.97 Å². The highest BCUT2D eigenvalue weighted by molar-refractivity contribution is 6.09. The zero-order valence-electron chi connectivity index (χ0n) is 25.3. The molecule has 0 radical (unpaired) electrons. The Morgan fingerprint density at radius 2 is 1.67 bits per heavy atom. The lowest BCUT2D eigenvalue weighted by atomic mass is 9.74. The van der Waals surface area contributed by atoms with Gasteiger partial charge in [-0.1, -0.05) is 18.6 Å². The number of amides is 1. The molecule has 8 nitrogen and oxygen atoms in total. The molecule has 3 aromatic rings. The van der Waals surface area contributed by atoms with Crippen molar-refractivity contribution in [3.8, 4) is 11.3 Å². The van der Waals surface area contributed by atoms with E-state index in [0.29, 0.717) is 24.0 Å². The van der Waals surface area contributed by atoms with E-state index in [9.17, 15) is 4.79 Å². The first kappa shape index (κ1) is 26.6. The standard InChI is InChI=1S/C34H45N7O/c1-23(2)40-22-36-29-21-28(37-32(31(29)40)39-16-6-7-17-39)24-8-9-27-30(18-24)41(33(42)34(27)10-12-35-13-11-34)26-19-25(20-26)38-14-4-3-5-15-38/h8-9,18,21-23,25-26,35H,3-7,10-17,19-20H2,1-2H3/t25-,26+. The van der Waals surface area contributed by atoms with Crippen molar-refractivity contribution < 1.29 is 4.79 Å². The van der Waals surface area contributed by atoms with Gasteiger partial charge in [0.05, 0.1) is 23.0 Å². The largest absolute Gasteiger partial charge is 0.355 e. The summed E-state index contributed by atoms with van der Waals surface area (Å²) in [5.74, 6) is 1.40. The number of fused-ring (bicyclic) bond motifs is 3. The molecule has 222 valence electrons. The first-order valence-corrected chi connectivity index (χ1v) is 16.6. The number of carbonyl (C=O) groups is 1. The Kier molecular flexibility index (Phi) is 6.56. The van der Waals surface area contributed by atoms with Gasteiger partial charge in [0.1, 0.15) is 5.52 Å². The van der Waals surface area contributed by atoms with Gasteiger partial charge in [-0.25, -0.2) is 9.97 Å². The van der Waals surface area contributed by atoms with Crippen molar-refractivity contribution in [1.82, 2.24) is 24.8 Å². The molecule has 1 N–H and O–H groups in total. The third kappa shape index (κ3) is 4.12. The van der Waals surface area contributed by atoms with Gasteiger partial charge in [-0.05, 0) is 109 Å². The molecule has 6 heterocycles. The summed E-state index contributed by atoms with van der Waals surface area (Å²) in [5, 5.41) is 3.51. The Morgan fingerprint density at radius 1 is 0.929 bits per heavy atom. The van der Waals surface area contributed by atoms with E-state index in [1.165, 1.54) is 50.8 Å². The van der Waals surface area contributed by atoms with Gasteiger partial charge in [-0.3, -0.25) is 4.79 Å². The number of anilines is 2. The summed E-state index contributed by atoms with van der Waals surface area (Å²) in [6.07, 6.45) is 12.3. The number of carbonyl (C=O) groups excluding carboxylic acids is 1. The highest BCUT2D eigenvalue weighted by Crippen LogP contribution is 2.51. The molecule has 1 aromatic carbocycles. The van der Waals surface area contributed by atoms with Crippen LogP contribution in [0.25, 0.3) is 22.3 Å². The minimum atomic E-state index is -0.385. The topological polar surface area (TPSA) is 69.5 Å². The van der Waals surface area contributed by atoms with Gasteiger partial charge in [-0.15, -0.1) is 0 Å². The number of rotatable bonds is 5. The molecule has 1 saturated carbocycles. The summed E-state index contributed by atoms with van der Waals surface area (Å²) in [5.41, 5.74) is 6.18. The number of pyridine rings is 1. The molecule has 4 aliphatic heterocycles. The van der Waals surface area contributed by atoms with Crippen LogP contribution in [0.1, 0.15) is 83.2 Å². The van der Waals surface area contributed by atoms with E-state index in [1.54, 1.807) is 0 Å². The van der Waals surface area contributed by atoms with Crippen molar-refractivity contribution in [3.05, 3.63) is 36.2 Å². The first-order valence-electron chi connectivity index (χ1n) is 16.6. The second kappa shape index (κ2) is 10.3. The summed E-state index contributed by atoms with van der Waals surface area (Å²) in [4.78, 5) is 32.0. The van der Waals surface area contributed by atoms with E-state index in [1.807, 2.05) is 6.33 Å². The van der Waals surface area contributed by atoms with Crippen LogP contribution < -0.4 is 15.1 Å². The molecule has 42 heavy (non-hydrogen) atoms. The van der Waals surface area contributed by atoms with Gasteiger partial charge in [0.15, 0.2) is 5.82 Å². The number of nitrogens with one attached hydrogen (secondary N) is 1. The van der Waals surface area contributed by atoms with Crippen LogP contribution >= 0.6 is 0 Å². The quantitative estimate of drug-likeness (QED) is 0.454. The molecular weight excluding hydrogens is 522 g/mol. The van der Waals surface area contributed by atoms with E-state index in [0.717, 1.165) is 85.7 Å². The van der Waals surface area contributed by atoms with Crippen LogP contribution in [0.2, 0.25) is 0 Å². The molecule has 4 fully saturated rings. The van der Waals surface area contributed by atoms with Crippen LogP contribution in [-0.4, -0.2) is 76.7 Å². The fourth-order valence-electron chi connectivity index (χ4n) is 8.53. The maximum atomic E-state index is 14.4. The second-order valence-corrected chi connectivity index (χ2v) is 13.8. The second-order valence-electron chi connectivity index (χ2n) is 13.8. The monoisotopic (exact) mass is 567 g/mol. The van der Waals surface area contributed by atoms with Gasteiger partial charge in [0.2, 0.25) is 5.91 Å². The van der Waals surface area contributed by atoms with E-state index >= 15 is 0 Å². The van der Waals surface area contributed by atoms with Gasteiger partial charge >= 0.3 is 0 Å². The molecule has 1 amide bonds. The highest BCUT2D eigenvalue weighted by Gasteiger charge is 2.54. The van der Waals surface area contributed by atoms with Crippen molar-refractivity contribution in [1.29, 1.82) is 0 Å². The predicted octanol–water partition coefficient (Wildman–Crippen LogP) is 5.26. The Balaban J connectivity index is 1.19. The first-order chi connectivity index (χ1) is 20.5.